The predicted octanol–water partition coefficient (Wildman–Crippen LogP) is 5.26. The third-order valence-corrected chi connectivity index (χ3v) is 6.79. The smallest absolute Gasteiger partial charge is 0.123 e. The maximum Gasteiger partial charge on any atom is 0.123 e. The first kappa shape index (κ1) is 22.8. The molecule has 0 aliphatic carbocycles. The molecule has 5 heteroatoms. The number of hydrogen-bond donors (Lipinski definition) is 1. The second-order valence-corrected chi connectivity index (χ2v) is 9.09. The van der Waals surface area contributed by atoms with Crippen molar-refractivity contribution in [2.24, 2.45) is 0 Å². The molecule has 1 saturated heterocycles. The molecule has 0 aromatic heterocycles. The van der Waals surface area contributed by atoms with Crippen LogP contribution in [0, 0.1) is 5.82 Å². The fourth-order valence-corrected chi connectivity index (χ4v) is 4.97. The maximum atomic E-state index is 13.2. The van der Waals surface area contributed by atoms with Crippen LogP contribution in [0.5, 0.6) is 0 Å². The van der Waals surface area contributed by atoms with Crippen LogP contribution in [0.25, 0.3) is 5.70 Å². The third kappa shape index (κ3) is 5.55. The Balaban J connectivity index is 1.12. The summed E-state index contributed by atoms with van der Waals surface area (Å²) in [5, 5.41) is 0. The summed E-state index contributed by atoms with van der Waals surface area (Å²) in [6, 6.07) is 28.5. The number of nitrogens with zero attached hydrogens (tertiary/aromatic N) is 2. The molecule has 0 bridgehead atoms. The van der Waals surface area contributed by atoms with Crippen LogP contribution in [-0.2, 0) is 4.84 Å². The molecular weight excluding hydrogens is 425 g/mol. The van der Waals surface area contributed by atoms with Crippen LogP contribution >= 0.6 is 0 Å². The van der Waals surface area contributed by atoms with Gasteiger partial charge in [0.1, 0.15) is 11.9 Å². The molecule has 0 amide bonds. The van der Waals surface area contributed by atoms with Crippen molar-refractivity contribution in [2.45, 2.75) is 25.0 Å². The highest BCUT2D eigenvalue weighted by Gasteiger charge is 2.26. The molecule has 0 radical (unpaired) electrons. The molecule has 2 heterocycles. The Morgan fingerprint density at radius 2 is 1.44 bits per heavy atom. The molecule has 3 aromatic rings. The van der Waals surface area contributed by atoms with Crippen LogP contribution in [0.3, 0.4) is 0 Å². The van der Waals surface area contributed by atoms with E-state index in [1.54, 1.807) is 12.1 Å². The van der Waals surface area contributed by atoms with Crippen molar-refractivity contribution in [2.75, 3.05) is 32.7 Å². The molecule has 1 atom stereocenters. The summed E-state index contributed by atoms with van der Waals surface area (Å²) in [7, 11) is 0. The van der Waals surface area contributed by atoms with Crippen molar-refractivity contribution in [3.8, 4) is 0 Å². The molecule has 1 N–H and O–H groups in total. The Hall–Kier alpha value is -2.99. The molecule has 3 aromatic carbocycles. The van der Waals surface area contributed by atoms with Gasteiger partial charge in [0.25, 0.3) is 0 Å². The first-order valence-electron chi connectivity index (χ1n) is 12.2. The quantitative estimate of drug-likeness (QED) is 0.500. The van der Waals surface area contributed by atoms with Gasteiger partial charge in [0.05, 0.1) is 11.7 Å². The van der Waals surface area contributed by atoms with E-state index in [1.807, 2.05) is 0 Å². The van der Waals surface area contributed by atoms with Crippen LogP contribution in [0.4, 0.5) is 4.39 Å². The molecule has 0 spiro atoms. The van der Waals surface area contributed by atoms with E-state index in [2.05, 4.69) is 82.0 Å². The summed E-state index contributed by atoms with van der Waals surface area (Å²) in [4.78, 5) is 10.9. The van der Waals surface area contributed by atoms with Gasteiger partial charge < -0.3 is 4.90 Å². The van der Waals surface area contributed by atoms with E-state index in [1.165, 1.54) is 23.3 Å². The van der Waals surface area contributed by atoms with Crippen molar-refractivity contribution in [1.82, 2.24) is 15.3 Å². The lowest BCUT2D eigenvalue weighted by molar-refractivity contribution is 0.0418. The fraction of sp³-hybridized carbons (Fsp3) is 0.310. The Bertz CT molecular complexity index is 1020. The van der Waals surface area contributed by atoms with E-state index >= 15 is 0 Å². The van der Waals surface area contributed by atoms with E-state index in [0.717, 1.165) is 56.8 Å². The molecular formula is C29H32FN3O. The Kier molecular flexibility index (Phi) is 7.34. The maximum absolute atomic E-state index is 13.2. The normalized spacial score (nSPS) is 19.2. The zero-order chi connectivity index (χ0) is 23.2. The highest BCUT2D eigenvalue weighted by molar-refractivity contribution is 5.64. The van der Waals surface area contributed by atoms with Gasteiger partial charge in [-0.15, -0.1) is 0 Å². The predicted molar refractivity (Wildman–Crippen MR) is 134 cm³/mol. The second kappa shape index (κ2) is 11.0. The number of piperazine rings is 1. The number of halogens is 1. The SMILES string of the molecule is Fc1ccc(C2=CC(CCCN3CCN(C(c4ccccc4)c4ccccc4)CC3)ON2)cc1. The van der Waals surface area contributed by atoms with Gasteiger partial charge >= 0.3 is 0 Å². The molecule has 1 unspecified atom stereocenters. The van der Waals surface area contributed by atoms with Crippen LogP contribution in [0.1, 0.15) is 35.6 Å². The highest BCUT2D eigenvalue weighted by atomic mass is 19.1. The summed E-state index contributed by atoms with van der Waals surface area (Å²) >= 11 is 0. The Labute approximate surface area is 201 Å². The Morgan fingerprint density at radius 1 is 0.824 bits per heavy atom. The van der Waals surface area contributed by atoms with Crippen molar-refractivity contribution in [3.63, 3.8) is 0 Å². The molecule has 176 valence electrons. The molecule has 34 heavy (non-hydrogen) atoms. The zero-order valence-corrected chi connectivity index (χ0v) is 19.4. The summed E-state index contributed by atoms with van der Waals surface area (Å²) in [6.07, 6.45) is 4.21. The van der Waals surface area contributed by atoms with E-state index in [9.17, 15) is 4.39 Å². The average Bonchev–Trinajstić information content (AvgIpc) is 3.36. The van der Waals surface area contributed by atoms with Gasteiger partial charge in [-0.25, -0.2) is 4.39 Å². The van der Waals surface area contributed by atoms with E-state index < -0.39 is 0 Å². The topological polar surface area (TPSA) is 27.7 Å². The molecule has 2 aliphatic heterocycles. The van der Waals surface area contributed by atoms with Crippen LogP contribution in [-0.4, -0.2) is 48.6 Å². The van der Waals surface area contributed by atoms with E-state index in [4.69, 9.17) is 4.84 Å². The number of benzene rings is 3. The molecule has 2 aliphatic rings. The standard InChI is InChI=1S/C29H32FN3O/c30-26-15-13-23(14-16-26)28-22-27(34-31-28)12-7-17-32-18-20-33(21-19-32)29(24-8-3-1-4-9-24)25-10-5-2-6-11-25/h1-6,8-11,13-16,22,27,29,31H,7,12,17-21H2. The Morgan fingerprint density at radius 3 is 2.06 bits per heavy atom. The van der Waals surface area contributed by atoms with Gasteiger partial charge in [-0.2, -0.15) is 0 Å². The second-order valence-electron chi connectivity index (χ2n) is 9.09. The van der Waals surface area contributed by atoms with Crippen molar-refractivity contribution in [3.05, 3.63) is 114 Å². The molecule has 4 nitrogen and oxygen atoms in total. The lowest BCUT2D eigenvalue weighted by Gasteiger charge is -2.40. The summed E-state index contributed by atoms with van der Waals surface area (Å²) in [5.74, 6) is -0.223. The first-order chi connectivity index (χ1) is 16.8. The minimum Gasteiger partial charge on any atom is -0.301 e. The third-order valence-electron chi connectivity index (χ3n) is 6.79. The largest absolute Gasteiger partial charge is 0.301 e. The summed E-state index contributed by atoms with van der Waals surface area (Å²) < 4.78 is 13.2. The van der Waals surface area contributed by atoms with Gasteiger partial charge in [0.15, 0.2) is 0 Å². The average molecular weight is 458 g/mol. The van der Waals surface area contributed by atoms with Gasteiger partial charge in [0.2, 0.25) is 0 Å². The van der Waals surface area contributed by atoms with Crippen molar-refractivity contribution < 1.29 is 9.23 Å². The molecule has 1 fully saturated rings. The van der Waals surface area contributed by atoms with Gasteiger partial charge in [-0.3, -0.25) is 15.2 Å². The van der Waals surface area contributed by atoms with E-state index in [0.29, 0.717) is 6.04 Å². The minimum atomic E-state index is -0.223. The van der Waals surface area contributed by atoms with Crippen LogP contribution < -0.4 is 5.48 Å². The van der Waals surface area contributed by atoms with Gasteiger partial charge in [-0.05, 0) is 66.4 Å². The minimum absolute atomic E-state index is 0.0573. The van der Waals surface area contributed by atoms with E-state index in [-0.39, 0.29) is 11.9 Å². The summed E-state index contributed by atoms with van der Waals surface area (Å²) in [5.41, 5.74) is 7.59. The zero-order valence-electron chi connectivity index (χ0n) is 19.4. The lowest BCUT2D eigenvalue weighted by Crippen LogP contribution is -2.48. The van der Waals surface area contributed by atoms with Crippen molar-refractivity contribution in [1.29, 1.82) is 0 Å². The fourth-order valence-electron chi connectivity index (χ4n) is 4.97. The van der Waals surface area contributed by atoms with Crippen molar-refractivity contribution >= 4 is 5.70 Å². The summed E-state index contributed by atoms with van der Waals surface area (Å²) in [6.45, 7) is 5.36. The monoisotopic (exact) mass is 457 g/mol. The van der Waals surface area contributed by atoms with Crippen LogP contribution in [0.2, 0.25) is 0 Å². The number of rotatable bonds is 8. The number of hydroxylamine groups is 1. The first-order valence-corrected chi connectivity index (χ1v) is 12.2. The molecule has 0 saturated carbocycles. The van der Waals surface area contributed by atoms with Crippen LogP contribution in [0.15, 0.2) is 91.0 Å². The number of hydrogen-bond acceptors (Lipinski definition) is 4. The molecule has 5 rings (SSSR count). The van der Waals surface area contributed by atoms with Gasteiger partial charge in [0, 0.05) is 26.2 Å². The van der Waals surface area contributed by atoms with Gasteiger partial charge in [-0.1, -0.05) is 60.7 Å². The number of nitrogens with one attached hydrogen (secondary N) is 1. The highest BCUT2D eigenvalue weighted by Crippen LogP contribution is 2.29. The lowest BCUT2D eigenvalue weighted by atomic mass is 9.96.